The summed E-state index contributed by atoms with van der Waals surface area (Å²) in [4.78, 5) is 76.6. The number of fused-ring (bicyclic) bond motifs is 2. The molecular formula is C34H16Cl2N4O8. The average Bonchev–Trinajstić information content (AvgIpc) is 3.49. The fraction of sp³-hybridized carbons (Fsp3) is 0. The van der Waals surface area contributed by atoms with E-state index in [0.29, 0.717) is 22.3 Å². The first-order valence-corrected chi connectivity index (χ1v) is 14.7. The van der Waals surface area contributed by atoms with Gasteiger partial charge in [-0.1, -0.05) is 35.3 Å². The second-order valence-electron chi connectivity index (χ2n) is 10.8. The van der Waals surface area contributed by atoms with E-state index in [1.165, 1.54) is 84.9 Å². The van der Waals surface area contributed by atoms with E-state index in [1.807, 2.05) is 0 Å². The molecule has 0 spiro atoms. The summed E-state index contributed by atoms with van der Waals surface area (Å²) >= 11 is 13.2. The van der Waals surface area contributed by atoms with Crippen molar-refractivity contribution in [1.82, 2.24) is 0 Å². The Hall–Kier alpha value is -6.24. The van der Waals surface area contributed by atoms with Gasteiger partial charge in [-0.05, 0) is 82.9 Å². The molecule has 5 aromatic rings. The Morgan fingerprint density at radius 2 is 0.750 bits per heavy atom. The first-order chi connectivity index (χ1) is 23.0. The quantitative estimate of drug-likeness (QED) is 0.100. The fourth-order valence-corrected chi connectivity index (χ4v) is 6.19. The zero-order valence-electron chi connectivity index (χ0n) is 24.0. The molecule has 0 saturated carbocycles. The number of carbonyl (C=O) groups excluding carboxylic acids is 4. The van der Waals surface area contributed by atoms with E-state index in [0.717, 1.165) is 9.80 Å². The smallest absolute Gasteiger partial charge is 0.268 e. The summed E-state index contributed by atoms with van der Waals surface area (Å²) in [6.45, 7) is 0. The Labute approximate surface area is 279 Å². The van der Waals surface area contributed by atoms with Crippen LogP contribution in [0.15, 0.2) is 97.1 Å². The Kier molecular flexibility index (Phi) is 7.11. The first-order valence-electron chi connectivity index (χ1n) is 14.0. The molecule has 5 aromatic carbocycles. The molecule has 7 rings (SSSR count). The van der Waals surface area contributed by atoms with Crippen molar-refractivity contribution >= 4 is 69.6 Å². The van der Waals surface area contributed by atoms with Crippen molar-refractivity contribution in [2.75, 3.05) is 9.80 Å². The second-order valence-corrected chi connectivity index (χ2v) is 11.5. The summed E-state index contributed by atoms with van der Waals surface area (Å²) in [6, 6.07) is 23.3. The highest BCUT2D eigenvalue weighted by Gasteiger charge is 2.41. The molecule has 0 fully saturated rings. The molecule has 0 unspecified atom stereocenters. The Morgan fingerprint density at radius 1 is 0.438 bits per heavy atom. The number of non-ortho nitro benzene ring substituents is 2. The number of nitrogens with zero attached hydrogens (tertiary/aromatic N) is 4. The van der Waals surface area contributed by atoms with Gasteiger partial charge >= 0.3 is 0 Å². The highest BCUT2D eigenvalue weighted by molar-refractivity contribution is 6.49. The maximum Gasteiger partial charge on any atom is 0.269 e. The number of hydrogen-bond acceptors (Lipinski definition) is 8. The standard InChI is InChI=1S/C34H16Cl2N4O8/c35-29-27(37-31(41)23-11-5-19(15-25(23)33(37)43)17-1-7-21(8-2-17)39(45)46)13-14-28(30(29)36)38-32(42)24-12-6-20(16-26(24)34(38)44)18-3-9-22(10-4-18)40(47)48/h1-16H. The van der Waals surface area contributed by atoms with Crippen LogP contribution in [0.3, 0.4) is 0 Å². The Morgan fingerprint density at radius 3 is 1.08 bits per heavy atom. The maximum atomic E-state index is 13.6. The molecule has 4 amide bonds. The van der Waals surface area contributed by atoms with Crippen molar-refractivity contribution < 1.29 is 29.0 Å². The molecule has 234 valence electrons. The first kappa shape index (κ1) is 30.4. The van der Waals surface area contributed by atoms with Gasteiger partial charge in [-0.3, -0.25) is 39.4 Å². The van der Waals surface area contributed by atoms with Crippen LogP contribution in [-0.2, 0) is 0 Å². The summed E-state index contributed by atoms with van der Waals surface area (Å²) in [5, 5.41) is 21.5. The minimum Gasteiger partial charge on any atom is -0.268 e. The number of nitro benzene ring substituents is 2. The lowest BCUT2D eigenvalue weighted by atomic mass is 10.00. The van der Waals surface area contributed by atoms with Gasteiger partial charge in [-0.2, -0.15) is 0 Å². The minimum absolute atomic E-state index is 0.0643. The van der Waals surface area contributed by atoms with Gasteiger partial charge in [0, 0.05) is 24.3 Å². The third-order valence-electron chi connectivity index (χ3n) is 8.12. The van der Waals surface area contributed by atoms with Gasteiger partial charge < -0.3 is 0 Å². The monoisotopic (exact) mass is 678 g/mol. The van der Waals surface area contributed by atoms with Crippen LogP contribution in [0.5, 0.6) is 0 Å². The van der Waals surface area contributed by atoms with E-state index < -0.39 is 33.5 Å². The SMILES string of the molecule is O=C1c2ccc(-c3ccc([N+](=O)[O-])cc3)cc2C(=O)N1c1ccc(N2C(=O)c3ccc(-c4ccc([N+](=O)[O-])cc4)cc3C2=O)c(Cl)c1Cl. The molecule has 2 aliphatic rings. The van der Waals surface area contributed by atoms with Gasteiger partial charge in [0.25, 0.3) is 35.0 Å². The van der Waals surface area contributed by atoms with Crippen LogP contribution in [-0.4, -0.2) is 33.5 Å². The van der Waals surface area contributed by atoms with Crippen LogP contribution in [0.4, 0.5) is 22.7 Å². The van der Waals surface area contributed by atoms with E-state index in [9.17, 15) is 39.4 Å². The fourth-order valence-electron chi connectivity index (χ4n) is 5.70. The second kappa shape index (κ2) is 11.2. The van der Waals surface area contributed by atoms with E-state index in [1.54, 1.807) is 12.1 Å². The van der Waals surface area contributed by atoms with E-state index >= 15 is 0 Å². The number of rotatable bonds is 6. The summed E-state index contributed by atoms with van der Waals surface area (Å²) in [5.41, 5.74) is 2.32. The minimum atomic E-state index is -0.691. The predicted molar refractivity (Wildman–Crippen MR) is 176 cm³/mol. The molecule has 0 N–H and O–H groups in total. The molecule has 0 aromatic heterocycles. The van der Waals surface area contributed by atoms with E-state index in [2.05, 4.69) is 0 Å². The molecule has 0 bridgehead atoms. The Balaban J connectivity index is 1.18. The molecule has 0 saturated heterocycles. The lowest BCUT2D eigenvalue weighted by molar-refractivity contribution is -0.385. The molecule has 48 heavy (non-hydrogen) atoms. The third-order valence-corrected chi connectivity index (χ3v) is 8.98. The molecule has 2 heterocycles. The number of halogens is 2. The van der Waals surface area contributed by atoms with Gasteiger partial charge in [0.15, 0.2) is 0 Å². The number of amides is 4. The van der Waals surface area contributed by atoms with Crippen molar-refractivity contribution in [3.05, 3.63) is 150 Å². The van der Waals surface area contributed by atoms with Crippen LogP contribution < -0.4 is 9.80 Å². The highest BCUT2D eigenvalue weighted by atomic mass is 35.5. The maximum absolute atomic E-state index is 13.6. The number of imide groups is 2. The van der Waals surface area contributed by atoms with Crippen molar-refractivity contribution in [2.45, 2.75) is 0 Å². The van der Waals surface area contributed by atoms with Gasteiger partial charge in [0.05, 0.1) is 53.5 Å². The number of benzene rings is 5. The number of anilines is 2. The summed E-state index contributed by atoms with van der Waals surface area (Å²) in [5.74, 6) is -2.72. The average molecular weight is 679 g/mol. The van der Waals surface area contributed by atoms with E-state index in [4.69, 9.17) is 23.2 Å². The lowest BCUT2D eigenvalue weighted by Crippen LogP contribution is -2.31. The van der Waals surface area contributed by atoms with Crippen molar-refractivity contribution in [3.63, 3.8) is 0 Å². The highest BCUT2D eigenvalue weighted by Crippen LogP contribution is 2.44. The zero-order chi connectivity index (χ0) is 34.0. The van der Waals surface area contributed by atoms with Crippen LogP contribution in [0, 0.1) is 20.2 Å². The molecule has 0 radical (unpaired) electrons. The summed E-state index contributed by atoms with van der Waals surface area (Å²) in [7, 11) is 0. The largest absolute Gasteiger partial charge is 0.269 e. The van der Waals surface area contributed by atoms with Crippen LogP contribution in [0.1, 0.15) is 41.4 Å². The third kappa shape index (κ3) is 4.70. The van der Waals surface area contributed by atoms with Crippen molar-refractivity contribution in [3.8, 4) is 22.3 Å². The molecule has 0 aliphatic carbocycles. The van der Waals surface area contributed by atoms with Crippen LogP contribution >= 0.6 is 23.2 Å². The van der Waals surface area contributed by atoms with Gasteiger partial charge in [0.2, 0.25) is 0 Å². The van der Waals surface area contributed by atoms with Crippen molar-refractivity contribution in [1.29, 1.82) is 0 Å². The van der Waals surface area contributed by atoms with Crippen LogP contribution in [0.2, 0.25) is 10.0 Å². The summed E-state index contributed by atoms with van der Waals surface area (Å²) in [6.07, 6.45) is 0. The molecule has 12 nitrogen and oxygen atoms in total. The van der Waals surface area contributed by atoms with Gasteiger partial charge in [0.1, 0.15) is 0 Å². The number of nitro groups is 2. The summed E-state index contributed by atoms with van der Waals surface area (Å²) < 4.78 is 0. The zero-order valence-corrected chi connectivity index (χ0v) is 25.6. The van der Waals surface area contributed by atoms with Gasteiger partial charge in [-0.15, -0.1) is 0 Å². The van der Waals surface area contributed by atoms with Crippen molar-refractivity contribution in [2.24, 2.45) is 0 Å². The predicted octanol–water partition coefficient (Wildman–Crippen LogP) is 7.75. The normalized spacial score (nSPS) is 13.6. The number of hydrogen-bond donors (Lipinski definition) is 0. The molecule has 14 heteroatoms. The molecule has 0 atom stereocenters. The van der Waals surface area contributed by atoms with Crippen LogP contribution in [0.25, 0.3) is 22.3 Å². The lowest BCUT2D eigenvalue weighted by Gasteiger charge is -2.21. The van der Waals surface area contributed by atoms with Gasteiger partial charge in [-0.25, -0.2) is 9.80 Å². The number of carbonyl (C=O) groups is 4. The van der Waals surface area contributed by atoms with E-state index in [-0.39, 0.29) is 55.0 Å². The Bertz CT molecular complexity index is 2140. The topological polar surface area (TPSA) is 161 Å². The molecule has 2 aliphatic heterocycles. The molecular weight excluding hydrogens is 663 g/mol.